The van der Waals surface area contributed by atoms with Crippen LogP contribution in [0.25, 0.3) is 0 Å². The van der Waals surface area contributed by atoms with E-state index in [2.05, 4.69) is 5.32 Å². The Kier molecular flexibility index (Phi) is 4.33. The van der Waals surface area contributed by atoms with Gasteiger partial charge < -0.3 is 10.4 Å². The van der Waals surface area contributed by atoms with Gasteiger partial charge in [-0.1, -0.05) is 0 Å². The molecule has 0 radical (unpaired) electrons. The number of carboxylic acid groups (broad SMARTS) is 1. The number of nitrogens with zero attached hydrogens (tertiary/aromatic N) is 1. The van der Waals surface area contributed by atoms with Crippen LogP contribution in [0, 0.1) is 0 Å². The fourth-order valence-electron chi connectivity index (χ4n) is 1.88. The number of sulfonamides is 1. The Bertz CT molecular complexity index is 443. The monoisotopic (exact) mass is 278 g/mol. The smallest absolute Gasteiger partial charge is 0.303 e. The third-order valence-corrected chi connectivity index (χ3v) is 5.02. The van der Waals surface area contributed by atoms with Crippen LogP contribution in [0.4, 0.5) is 0 Å². The van der Waals surface area contributed by atoms with E-state index in [0.29, 0.717) is 0 Å². The quantitative estimate of drug-likeness (QED) is 0.698. The number of aliphatic carboxylic acids is 1. The largest absolute Gasteiger partial charge is 0.481 e. The topological polar surface area (TPSA) is 104 Å². The molecule has 0 spiro atoms. The molecule has 2 N–H and O–H groups in total. The van der Waals surface area contributed by atoms with E-state index in [-0.39, 0.29) is 37.6 Å². The van der Waals surface area contributed by atoms with Gasteiger partial charge in [-0.05, 0) is 20.3 Å². The average molecular weight is 278 g/mol. The van der Waals surface area contributed by atoms with E-state index >= 15 is 0 Å². The summed E-state index contributed by atoms with van der Waals surface area (Å²) in [7, 11) is -3.61. The summed E-state index contributed by atoms with van der Waals surface area (Å²) < 4.78 is 25.3. The second kappa shape index (κ2) is 5.23. The molecule has 0 aromatic carbocycles. The van der Waals surface area contributed by atoms with Crippen LogP contribution >= 0.6 is 0 Å². The van der Waals surface area contributed by atoms with Crippen molar-refractivity contribution in [1.82, 2.24) is 9.62 Å². The number of nitrogens with one attached hydrogen (secondary N) is 1. The summed E-state index contributed by atoms with van der Waals surface area (Å²) >= 11 is 0. The first kappa shape index (κ1) is 14.9. The van der Waals surface area contributed by atoms with Gasteiger partial charge in [0.05, 0.1) is 5.75 Å². The SMILES string of the molecule is CC1(C)C(=O)NCCN1S(=O)(=O)CCCC(=O)O. The van der Waals surface area contributed by atoms with E-state index in [1.54, 1.807) is 0 Å². The highest BCUT2D eigenvalue weighted by Gasteiger charge is 2.43. The molecule has 0 atom stereocenters. The molecule has 0 bridgehead atoms. The van der Waals surface area contributed by atoms with Gasteiger partial charge in [0.15, 0.2) is 0 Å². The minimum atomic E-state index is -3.61. The Hall–Kier alpha value is -1.15. The lowest BCUT2D eigenvalue weighted by molar-refractivity contribution is -0.137. The molecule has 7 nitrogen and oxygen atoms in total. The predicted octanol–water partition coefficient (Wildman–Crippen LogP) is -0.609. The molecule has 1 amide bonds. The number of hydrogen-bond acceptors (Lipinski definition) is 4. The lowest BCUT2D eigenvalue weighted by Crippen LogP contribution is -2.63. The fourth-order valence-corrected chi connectivity index (χ4v) is 3.76. The van der Waals surface area contributed by atoms with Crippen LogP contribution in [0.15, 0.2) is 0 Å². The van der Waals surface area contributed by atoms with Gasteiger partial charge in [0, 0.05) is 19.5 Å². The Labute approximate surface area is 106 Å². The molecule has 1 aliphatic rings. The number of carbonyl (C=O) groups is 2. The first-order chi connectivity index (χ1) is 8.18. The molecule has 18 heavy (non-hydrogen) atoms. The highest BCUT2D eigenvalue weighted by atomic mass is 32.2. The second-order valence-corrected chi connectivity index (χ2v) is 6.71. The van der Waals surface area contributed by atoms with E-state index in [4.69, 9.17) is 5.11 Å². The Morgan fingerprint density at radius 1 is 1.50 bits per heavy atom. The molecule has 8 heteroatoms. The molecule has 0 unspecified atom stereocenters. The number of carboxylic acids is 1. The Balaban J connectivity index is 2.77. The number of rotatable bonds is 5. The predicted molar refractivity (Wildman–Crippen MR) is 64.5 cm³/mol. The lowest BCUT2D eigenvalue weighted by Gasteiger charge is -2.39. The van der Waals surface area contributed by atoms with Crippen molar-refractivity contribution in [1.29, 1.82) is 0 Å². The number of amides is 1. The summed E-state index contributed by atoms with van der Waals surface area (Å²) in [6, 6.07) is 0. The summed E-state index contributed by atoms with van der Waals surface area (Å²) in [5.74, 6) is -1.62. The zero-order valence-electron chi connectivity index (χ0n) is 10.5. The van der Waals surface area contributed by atoms with Crippen molar-refractivity contribution in [2.45, 2.75) is 32.2 Å². The molecular formula is C10H18N2O5S. The average Bonchev–Trinajstić information content (AvgIpc) is 2.20. The van der Waals surface area contributed by atoms with Crippen molar-refractivity contribution in [2.24, 2.45) is 0 Å². The summed E-state index contributed by atoms with van der Waals surface area (Å²) in [6.45, 7) is 3.57. The van der Waals surface area contributed by atoms with Crippen LogP contribution in [-0.2, 0) is 19.6 Å². The van der Waals surface area contributed by atoms with Crippen molar-refractivity contribution in [3.8, 4) is 0 Å². The van der Waals surface area contributed by atoms with Crippen molar-refractivity contribution >= 4 is 21.9 Å². The highest BCUT2D eigenvalue weighted by Crippen LogP contribution is 2.22. The van der Waals surface area contributed by atoms with E-state index in [0.717, 1.165) is 4.31 Å². The first-order valence-electron chi connectivity index (χ1n) is 5.68. The maximum atomic E-state index is 12.1. The third kappa shape index (κ3) is 3.20. The van der Waals surface area contributed by atoms with E-state index in [9.17, 15) is 18.0 Å². The van der Waals surface area contributed by atoms with Crippen molar-refractivity contribution in [3.63, 3.8) is 0 Å². The minimum Gasteiger partial charge on any atom is -0.481 e. The van der Waals surface area contributed by atoms with E-state index in [1.807, 2.05) is 0 Å². The van der Waals surface area contributed by atoms with E-state index < -0.39 is 21.5 Å². The molecule has 1 fully saturated rings. The van der Waals surface area contributed by atoms with Gasteiger partial charge >= 0.3 is 5.97 Å². The number of hydrogen-bond donors (Lipinski definition) is 2. The molecule has 0 aromatic heterocycles. The highest BCUT2D eigenvalue weighted by molar-refractivity contribution is 7.89. The van der Waals surface area contributed by atoms with Crippen LogP contribution in [0.2, 0.25) is 0 Å². The molecule has 1 aliphatic heterocycles. The van der Waals surface area contributed by atoms with Gasteiger partial charge in [-0.15, -0.1) is 0 Å². The standard InChI is InChI=1S/C10H18N2O5S/c1-10(2)9(15)11-5-6-12(10)18(16,17)7-3-4-8(13)14/h3-7H2,1-2H3,(H,11,15)(H,13,14). The summed E-state index contributed by atoms with van der Waals surface area (Å²) in [5, 5.41) is 11.1. The van der Waals surface area contributed by atoms with Gasteiger partial charge in [0.25, 0.3) is 0 Å². The van der Waals surface area contributed by atoms with Crippen LogP contribution in [0.5, 0.6) is 0 Å². The van der Waals surface area contributed by atoms with Crippen molar-refractivity contribution < 1.29 is 23.1 Å². The van der Waals surface area contributed by atoms with Gasteiger partial charge in [-0.2, -0.15) is 4.31 Å². The summed E-state index contributed by atoms with van der Waals surface area (Å²) in [4.78, 5) is 22.0. The van der Waals surface area contributed by atoms with Gasteiger partial charge in [0.2, 0.25) is 15.9 Å². The molecular weight excluding hydrogens is 260 g/mol. The first-order valence-corrected chi connectivity index (χ1v) is 7.29. The van der Waals surface area contributed by atoms with Crippen molar-refractivity contribution in [2.75, 3.05) is 18.8 Å². The summed E-state index contributed by atoms with van der Waals surface area (Å²) in [6.07, 6.45) is -0.147. The molecule has 1 heterocycles. The van der Waals surface area contributed by atoms with Crippen molar-refractivity contribution in [3.05, 3.63) is 0 Å². The molecule has 0 aliphatic carbocycles. The second-order valence-electron chi connectivity index (χ2n) is 4.70. The van der Waals surface area contributed by atoms with Gasteiger partial charge in [-0.3, -0.25) is 9.59 Å². The molecule has 0 saturated carbocycles. The number of piperazine rings is 1. The van der Waals surface area contributed by atoms with Gasteiger partial charge in [0.1, 0.15) is 5.54 Å². The Morgan fingerprint density at radius 2 is 2.11 bits per heavy atom. The zero-order chi connectivity index (χ0) is 14.0. The van der Waals surface area contributed by atoms with E-state index in [1.165, 1.54) is 13.8 Å². The fraction of sp³-hybridized carbons (Fsp3) is 0.800. The van der Waals surface area contributed by atoms with Crippen LogP contribution < -0.4 is 5.32 Å². The summed E-state index contributed by atoms with van der Waals surface area (Å²) in [5.41, 5.74) is -1.12. The molecule has 0 aromatic rings. The van der Waals surface area contributed by atoms with Crippen LogP contribution in [0.1, 0.15) is 26.7 Å². The van der Waals surface area contributed by atoms with Gasteiger partial charge in [-0.25, -0.2) is 8.42 Å². The van der Waals surface area contributed by atoms with Crippen LogP contribution in [0.3, 0.4) is 0 Å². The molecule has 1 rings (SSSR count). The third-order valence-electron chi connectivity index (χ3n) is 2.91. The minimum absolute atomic E-state index is 0.0475. The van der Waals surface area contributed by atoms with Crippen LogP contribution in [-0.4, -0.2) is 54.1 Å². The maximum absolute atomic E-state index is 12.1. The Morgan fingerprint density at radius 3 is 2.67 bits per heavy atom. The normalized spacial score (nSPS) is 20.4. The number of carbonyl (C=O) groups excluding carboxylic acids is 1. The maximum Gasteiger partial charge on any atom is 0.303 e. The zero-order valence-corrected chi connectivity index (χ0v) is 11.3. The molecule has 104 valence electrons. The lowest BCUT2D eigenvalue weighted by atomic mass is 10.0. The molecule has 1 saturated heterocycles.